The SMILES string of the molecule is CC(Cn1cccn1)NCC(CN)C(C)C. The lowest BCUT2D eigenvalue weighted by Gasteiger charge is -2.22. The minimum absolute atomic E-state index is 0.424. The predicted molar refractivity (Wildman–Crippen MR) is 67.1 cm³/mol. The van der Waals surface area contributed by atoms with Crippen LogP contribution in [0.4, 0.5) is 0 Å². The minimum atomic E-state index is 0.424. The normalized spacial score (nSPS) is 15.3. The lowest BCUT2D eigenvalue weighted by molar-refractivity contribution is 0.340. The van der Waals surface area contributed by atoms with E-state index in [-0.39, 0.29) is 0 Å². The summed E-state index contributed by atoms with van der Waals surface area (Å²) in [5.41, 5.74) is 5.74. The number of aromatic nitrogens is 2. The Bertz CT molecular complexity index is 269. The standard InChI is InChI=1S/C12H24N4/c1-10(2)12(7-13)8-14-11(3)9-16-6-4-5-15-16/h4-6,10-12,14H,7-9,13H2,1-3H3. The molecule has 2 unspecified atom stereocenters. The summed E-state index contributed by atoms with van der Waals surface area (Å²) in [7, 11) is 0. The average molecular weight is 224 g/mol. The van der Waals surface area contributed by atoms with Crippen molar-refractivity contribution in [2.24, 2.45) is 17.6 Å². The maximum atomic E-state index is 5.74. The molecular formula is C12H24N4. The van der Waals surface area contributed by atoms with Gasteiger partial charge in [0, 0.05) is 18.4 Å². The lowest BCUT2D eigenvalue weighted by Crippen LogP contribution is -2.38. The van der Waals surface area contributed by atoms with E-state index in [1.807, 2.05) is 23.1 Å². The van der Waals surface area contributed by atoms with E-state index in [1.165, 1.54) is 0 Å². The van der Waals surface area contributed by atoms with Crippen molar-refractivity contribution in [3.8, 4) is 0 Å². The Balaban J connectivity index is 2.26. The first-order chi connectivity index (χ1) is 7.63. The number of hydrogen-bond donors (Lipinski definition) is 2. The fourth-order valence-corrected chi connectivity index (χ4v) is 1.70. The van der Waals surface area contributed by atoms with E-state index in [4.69, 9.17) is 5.73 Å². The molecule has 1 heterocycles. The molecule has 4 nitrogen and oxygen atoms in total. The van der Waals surface area contributed by atoms with Crippen LogP contribution in [0.2, 0.25) is 0 Å². The quantitative estimate of drug-likeness (QED) is 0.729. The van der Waals surface area contributed by atoms with E-state index in [2.05, 4.69) is 31.2 Å². The molecule has 0 bridgehead atoms. The molecule has 0 radical (unpaired) electrons. The Morgan fingerprint density at radius 3 is 2.62 bits per heavy atom. The Morgan fingerprint density at radius 2 is 2.12 bits per heavy atom. The van der Waals surface area contributed by atoms with Crippen molar-refractivity contribution in [2.75, 3.05) is 13.1 Å². The van der Waals surface area contributed by atoms with Crippen molar-refractivity contribution in [3.05, 3.63) is 18.5 Å². The third-order valence-corrected chi connectivity index (χ3v) is 2.99. The van der Waals surface area contributed by atoms with Crippen LogP contribution in [0.1, 0.15) is 20.8 Å². The van der Waals surface area contributed by atoms with Crippen molar-refractivity contribution in [2.45, 2.75) is 33.4 Å². The van der Waals surface area contributed by atoms with Crippen LogP contribution < -0.4 is 11.1 Å². The second-order valence-electron chi connectivity index (χ2n) is 4.78. The van der Waals surface area contributed by atoms with Gasteiger partial charge < -0.3 is 11.1 Å². The van der Waals surface area contributed by atoms with Gasteiger partial charge in [0.1, 0.15) is 0 Å². The minimum Gasteiger partial charge on any atom is -0.330 e. The first-order valence-corrected chi connectivity index (χ1v) is 6.04. The highest BCUT2D eigenvalue weighted by Crippen LogP contribution is 2.07. The molecule has 0 aliphatic heterocycles. The summed E-state index contributed by atoms with van der Waals surface area (Å²) in [5.74, 6) is 1.19. The van der Waals surface area contributed by atoms with Gasteiger partial charge in [0.05, 0.1) is 6.54 Å². The molecule has 16 heavy (non-hydrogen) atoms. The Hall–Kier alpha value is -0.870. The molecule has 4 heteroatoms. The van der Waals surface area contributed by atoms with Crippen molar-refractivity contribution in [1.82, 2.24) is 15.1 Å². The monoisotopic (exact) mass is 224 g/mol. The molecule has 0 aromatic carbocycles. The van der Waals surface area contributed by atoms with Gasteiger partial charge in [-0.2, -0.15) is 5.10 Å². The van der Waals surface area contributed by atoms with Crippen molar-refractivity contribution in [1.29, 1.82) is 0 Å². The first-order valence-electron chi connectivity index (χ1n) is 6.04. The van der Waals surface area contributed by atoms with Crippen LogP contribution in [-0.2, 0) is 6.54 Å². The second-order valence-corrected chi connectivity index (χ2v) is 4.78. The molecule has 92 valence electrons. The zero-order chi connectivity index (χ0) is 12.0. The fraction of sp³-hybridized carbons (Fsp3) is 0.750. The van der Waals surface area contributed by atoms with E-state index >= 15 is 0 Å². The zero-order valence-electron chi connectivity index (χ0n) is 10.6. The van der Waals surface area contributed by atoms with Gasteiger partial charge in [-0.1, -0.05) is 13.8 Å². The maximum absolute atomic E-state index is 5.74. The summed E-state index contributed by atoms with van der Waals surface area (Å²) in [6.45, 7) is 9.25. The van der Waals surface area contributed by atoms with E-state index < -0.39 is 0 Å². The van der Waals surface area contributed by atoms with Gasteiger partial charge in [-0.05, 0) is 37.9 Å². The van der Waals surface area contributed by atoms with Crippen LogP contribution in [-0.4, -0.2) is 28.9 Å². The van der Waals surface area contributed by atoms with E-state index in [1.54, 1.807) is 0 Å². The molecule has 0 saturated carbocycles. The number of nitrogens with zero attached hydrogens (tertiary/aromatic N) is 2. The summed E-state index contributed by atoms with van der Waals surface area (Å²) in [6, 6.07) is 2.37. The summed E-state index contributed by atoms with van der Waals surface area (Å²) in [6.07, 6.45) is 3.80. The maximum Gasteiger partial charge on any atom is 0.0559 e. The lowest BCUT2D eigenvalue weighted by atomic mass is 9.96. The van der Waals surface area contributed by atoms with Crippen molar-refractivity contribution in [3.63, 3.8) is 0 Å². The molecule has 0 aliphatic rings. The van der Waals surface area contributed by atoms with Crippen molar-refractivity contribution >= 4 is 0 Å². The van der Waals surface area contributed by atoms with E-state index in [0.29, 0.717) is 17.9 Å². The number of nitrogens with one attached hydrogen (secondary N) is 1. The molecule has 0 fully saturated rings. The summed E-state index contributed by atoms with van der Waals surface area (Å²) >= 11 is 0. The molecule has 0 aliphatic carbocycles. The Morgan fingerprint density at radius 1 is 1.38 bits per heavy atom. The molecule has 3 N–H and O–H groups in total. The average Bonchev–Trinajstić information content (AvgIpc) is 2.70. The highest BCUT2D eigenvalue weighted by molar-refractivity contribution is 4.79. The summed E-state index contributed by atoms with van der Waals surface area (Å²) in [4.78, 5) is 0. The van der Waals surface area contributed by atoms with E-state index in [9.17, 15) is 0 Å². The van der Waals surface area contributed by atoms with Crippen LogP contribution in [0.5, 0.6) is 0 Å². The molecule has 1 aromatic rings. The largest absolute Gasteiger partial charge is 0.330 e. The third-order valence-electron chi connectivity index (χ3n) is 2.99. The molecule has 1 aromatic heterocycles. The Kier molecular flexibility index (Phi) is 5.49. The van der Waals surface area contributed by atoms with Crippen LogP contribution in [0, 0.1) is 11.8 Å². The van der Waals surface area contributed by atoms with Gasteiger partial charge in [-0.25, -0.2) is 0 Å². The molecule has 0 amide bonds. The highest BCUT2D eigenvalue weighted by atomic mass is 15.3. The molecule has 1 rings (SSSR count). The van der Waals surface area contributed by atoms with Gasteiger partial charge in [-0.15, -0.1) is 0 Å². The number of nitrogens with two attached hydrogens (primary N) is 1. The molecule has 0 saturated heterocycles. The van der Waals surface area contributed by atoms with Crippen molar-refractivity contribution < 1.29 is 0 Å². The van der Waals surface area contributed by atoms with Gasteiger partial charge in [-0.3, -0.25) is 4.68 Å². The zero-order valence-corrected chi connectivity index (χ0v) is 10.6. The smallest absolute Gasteiger partial charge is 0.0559 e. The summed E-state index contributed by atoms with van der Waals surface area (Å²) in [5, 5.41) is 7.70. The van der Waals surface area contributed by atoms with Crippen LogP contribution >= 0.6 is 0 Å². The Labute approximate surface area is 98.2 Å². The number of hydrogen-bond acceptors (Lipinski definition) is 3. The van der Waals surface area contributed by atoms with Gasteiger partial charge in [0.2, 0.25) is 0 Å². The number of rotatable bonds is 7. The third kappa shape index (κ3) is 4.33. The summed E-state index contributed by atoms with van der Waals surface area (Å²) < 4.78 is 1.95. The fourth-order valence-electron chi connectivity index (χ4n) is 1.70. The van der Waals surface area contributed by atoms with E-state index in [0.717, 1.165) is 19.6 Å². The molecular weight excluding hydrogens is 200 g/mol. The van der Waals surface area contributed by atoms with Crippen LogP contribution in [0.25, 0.3) is 0 Å². The highest BCUT2D eigenvalue weighted by Gasteiger charge is 2.12. The molecule has 2 atom stereocenters. The van der Waals surface area contributed by atoms with Crippen LogP contribution in [0.15, 0.2) is 18.5 Å². The second kappa shape index (κ2) is 6.66. The topological polar surface area (TPSA) is 55.9 Å². The molecule has 0 spiro atoms. The first kappa shape index (κ1) is 13.2. The predicted octanol–water partition coefficient (Wildman–Crippen LogP) is 1.09. The van der Waals surface area contributed by atoms with Gasteiger partial charge in [0.15, 0.2) is 0 Å². The van der Waals surface area contributed by atoms with Crippen LogP contribution in [0.3, 0.4) is 0 Å². The van der Waals surface area contributed by atoms with Gasteiger partial charge >= 0.3 is 0 Å². The van der Waals surface area contributed by atoms with Gasteiger partial charge in [0.25, 0.3) is 0 Å².